The van der Waals surface area contributed by atoms with Gasteiger partial charge in [0.25, 0.3) is 0 Å². The maximum atomic E-state index is 15.3. The third-order valence-electron chi connectivity index (χ3n) is 6.97. The van der Waals surface area contributed by atoms with Crippen LogP contribution < -0.4 is 4.74 Å². The van der Waals surface area contributed by atoms with E-state index in [-0.39, 0.29) is 29.3 Å². The van der Waals surface area contributed by atoms with Crippen LogP contribution in [-0.4, -0.2) is 32.9 Å². The molecule has 2 N–H and O–H groups in total. The molecule has 0 amide bonds. The number of hydrogen-bond acceptors (Lipinski definition) is 4. The zero-order valence-corrected chi connectivity index (χ0v) is 21.8. The number of ether oxygens (including phenoxy) is 1. The number of nitrogens with zero attached hydrogens (tertiary/aromatic N) is 2. The molecule has 0 bridgehead atoms. The van der Waals surface area contributed by atoms with E-state index in [2.05, 4.69) is 9.97 Å². The molecule has 0 fully saturated rings. The molecular weight excluding hydrogens is 519 g/mol. The van der Waals surface area contributed by atoms with Crippen molar-refractivity contribution in [2.24, 2.45) is 0 Å². The van der Waals surface area contributed by atoms with E-state index >= 15 is 4.39 Å². The van der Waals surface area contributed by atoms with Crippen LogP contribution in [0.1, 0.15) is 36.1 Å². The summed E-state index contributed by atoms with van der Waals surface area (Å²) in [4.78, 5) is 18.2. The van der Waals surface area contributed by atoms with E-state index in [1.807, 2.05) is 23.6 Å². The van der Waals surface area contributed by atoms with E-state index in [9.17, 15) is 13.6 Å². The lowest BCUT2D eigenvalue weighted by molar-refractivity contribution is -0.107. The van der Waals surface area contributed by atoms with Crippen LogP contribution in [0.25, 0.3) is 27.3 Å². The van der Waals surface area contributed by atoms with Crippen molar-refractivity contribution in [3.05, 3.63) is 107 Å². The fraction of sp³-hybridized carbons (Fsp3) is 0.161. The average Bonchev–Trinajstić information content (AvgIpc) is 3.63. The lowest BCUT2D eigenvalue weighted by atomic mass is 9.94. The van der Waals surface area contributed by atoms with Gasteiger partial charge in [0.1, 0.15) is 23.5 Å². The van der Waals surface area contributed by atoms with Gasteiger partial charge in [-0.15, -0.1) is 0 Å². The monoisotopic (exact) mass is 545 g/mol. The maximum Gasteiger partial charge on any atom is 0.199 e. The molecule has 0 saturated carbocycles. The minimum absolute atomic E-state index is 0.235. The van der Waals surface area contributed by atoms with Gasteiger partial charge in [-0.3, -0.25) is 0 Å². The molecule has 9 heteroatoms. The standard InChI is InChI=1S/C30H22F3N3O2.CH4O/c1-17(21-6-2-4-19(27(21)32)5-3-13-37)26-16-35-30-23-14-20(8-7-18(23)10-12-36(26)30)38-29-24(31)15-25-22(28(29)33)9-11-34-25;1-2/h2,4,6-17,34H,3,5H2,1H3;2H,1H3. The Morgan fingerprint density at radius 1 is 1.05 bits per heavy atom. The van der Waals surface area contributed by atoms with Crippen LogP contribution in [0.2, 0.25) is 0 Å². The molecule has 6 rings (SSSR count). The van der Waals surface area contributed by atoms with Gasteiger partial charge in [0.2, 0.25) is 0 Å². The number of carbonyl (C=O) groups excluding carboxylic acids is 1. The fourth-order valence-electron chi connectivity index (χ4n) is 4.97. The van der Waals surface area contributed by atoms with Crippen LogP contribution in [0.15, 0.2) is 73.2 Å². The van der Waals surface area contributed by atoms with Crippen molar-refractivity contribution >= 4 is 33.6 Å². The number of aldehydes is 1. The van der Waals surface area contributed by atoms with Crippen LogP contribution in [0, 0.1) is 17.5 Å². The first-order valence-electron chi connectivity index (χ1n) is 12.6. The molecule has 3 heterocycles. The van der Waals surface area contributed by atoms with Gasteiger partial charge in [0.15, 0.2) is 17.4 Å². The molecule has 6 nitrogen and oxygen atoms in total. The zero-order chi connectivity index (χ0) is 28.4. The van der Waals surface area contributed by atoms with Crippen LogP contribution in [0.4, 0.5) is 13.2 Å². The number of pyridine rings is 1. The Balaban J connectivity index is 0.00000158. The van der Waals surface area contributed by atoms with Gasteiger partial charge in [-0.1, -0.05) is 31.2 Å². The summed E-state index contributed by atoms with van der Waals surface area (Å²) in [6.07, 6.45) is 6.48. The highest BCUT2D eigenvalue weighted by molar-refractivity contribution is 5.95. The number of aryl methyl sites for hydroxylation is 1. The Bertz CT molecular complexity index is 1840. The zero-order valence-electron chi connectivity index (χ0n) is 21.8. The summed E-state index contributed by atoms with van der Waals surface area (Å²) < 4.78 is 52.4. The number of H-pyrrole nitrogens is 1. The normalized spacial score (nSPS) is 11.9. The number of aliphatic hydroxyl groups excluding tert-OH is 1. The molecule has 0 aliphatic carbocycles. The van der Waals surface area contributed by atoms with Crippen LogP contribution in [-0.2, 0) is 11.2 Å². The Hall–Kier alpha value is -4.63. The van der Waals surface area contributed by atoms with Crippen molar-refractivity contribution < 1.29 is 27.8 Å². The third kappa shape index (κ3) is 4.69. The van der Waals surface area contributed by atoms with Gasteiger partial charge in [0, 0.05) is 60.6 Å². The quantitative estimate of drug-likeness (QED) is 0.210. The highest BCUT2D eigenvalue weighted by Crippen LogP contribution is 2.35. The molecule has 1 atom stereocenters. The van der Waals surface area contributed by atoms with Gasteiger partial charge < -0.3 is 24.0 Å². The number of hydrogen-bond donors (Lipinski definition) is 2. The van der Waals surface area contributed by atoms with Crippen LogP contribution in [0.3, 0.4) is 0 Å². The van der Waals surface area contributed by atoms with E-state index in [1.165, 1.54) is 18.3 Å². The summed E-state index contributed by atoms with van der Waals surface area (Å²) >= 11 is 0. The van der Waals surface area contributed by atoms with Crippen molar-refractivity contribution in [2.45, 2.75) is 25.7 Å². The van der Waals surface area contributed by atoms with Gasteiger partial charge >= 0.3 is 0 Å². The van der Waals surface area contributed by atoms with Crippen molar-refractivity contribution in [3.8, 4) is 11.5 Å². The van der Waals surface area contributed by atoms with Crippen LogP contribution in [0.5, 0.6) is 11.5 Å². The number of aromatic amines is 1. The van der Waals surface area contributed by atoms with Crippen molar-refractivity contribution in [1.82, 2.24) is 14.4 Å². The number of imidazole rings is 1. The number of rotatable bonds is 7. The van der Waals surface area contributed by atoms with Gasteiger partial charge in [-0.25, -0.2) is 18.2 Å². The maximum absolute atomic E-state index is 15.3. The number of nitrogens with one attached hydrogen (secondary N) is 1. The highest BCUT2D eigenvalue weighted by Gasteiger charge is 2.21. The predicted octanol–water partition coefficient (Wildman–Crippen LogP) is 7.07. The second kappa shape index (κ2) is 11.2. The number of halogens is 3. The number of aromatic nitrogens is 3. The van der Waals surface area contributed by atoms with E-state index in [0.29, 0.717) is 34.1 Å². The molecule has 0 aliphatic heterocycles. The van der Waals surface area contributed by atoms with E-state index in [4.69, 9.17) is 9.84 Å². The largest absolute Gasteiger partial charge is 0.451 e. The summed E-state index contributed by atoms with van der Waals surface area (Å²) in [7, 11) is 1.00. The van der Waals surface area contributed by atoms with Gasteiger partial charge in [0.05, 0.1) is 5.52 Å². The van der Waals surface area contributed by atoms with E-state index < -0.39 is 17.4 Å². The van der Waals surface area contributed by atoms with E-state index in [1.54, 1.807) is 42.6 Å². The Labute approximate surface area is 227 Å². The molecular formula is C31H26F3N3O3. The fourth-order valence-corrected chi connectivity index (χ4v) is 4.97. The Morgan fingerprint density at radius 3 is 2.67 bits per heavy atom. The summed E-state index contributed by atoms with van der Waals surface area (Å²) in [6, 6.07) is 15.0. The highest BCUT2D eigenvalue weighted by atomic mass is 19.1. The van der Waals surface area contributed by atoms with E-state index in [0.717, 1.165) is 24.5 Å². The SMILES string of the molecule is CC(c1cccc(CCC=O)c1F)c1cnc2c3cc(Oc4c(F)cc5[nH]ccc5c4F)ccc3ccn12.CO. The lowest BCUT2D eigenvalue weighted by Crippen LogP contribution is -2.05. The Kier molecular flexibility index (Phi) is 7.57. The third-order valence-corrected chi connectivity index (χ3v) is 6.97. The lowest BCUT2D eigenvalue weighted by Gasteiger charge is -2.15. The molecule has 40 heavy (non-hydrogen) atoms. The average molecular weight is 546 g/mol. The molecule has 0 saturated heterocycles. The summed E-state index contributed by atoms with van der Waals surface area (Å²) in [6.45, 7) is 1.90. The van der Waals surface area contributed by atoms with Crippen molar-refractivity contribution in [1.29, 1.82) is 0 Å². The molecule has 3 aromatic carbocycles. The van der Waals surface area contributed by atoms with Crippen LogP contribution >= 0.6 is 0 Å². The molecule has 6 aromatic rings. The minimum atomic E-state index is -0.815. The van der Waals surface area contributed by atoms with Crippen molar-refractivity contribution in [2.75, 3.05) is 7.11 Å². The molecule has 3 aromatic heterocycles. The molecule has 0 aliphatic rings. The second-order valence-corrected chi connectivity index (χ2v) is 9.23. The van der Waals surface area contributed by atoms with Gasteiger partial charge in [-0.05, 0) is 47.2 Å². The smallest absolute Gasteiger partial charge is 0.199 e. The minimum Gasteiger partial charge on any atom is -0.451 e. The summed E-state index contributed by atoms with van der Waals surface area (Å²) in [5.41, 5.74) is 2.74. The Morgan fingerprint density at radius 2 is 1.88 bits per heavy atom. The molecule has 0 radical (unpaired) electrons. The number of aliphatic hydroxyl groups is 1. The first-order chi connectivity index (χ1) is 19.5. The summed E-state index contributed by atoms with van der Waals surface area (Å²) in [5.74, 6) is -2.47. The number of carbonyl (C=O) groups is 1. The summed E-state index contributed by atoms with van der Waals surface area (Å²) in [5, 5.41) is 8.81. The number of fused-ring (bicyclic) bond motifs is 4. The molecule has 0 spiro atoms. The first-order valence-corrected chi connectivity index (χ1v) is 12.6. The topological polar surface area (TPSA) is 79.6 Å². The number of benzene rings is 3. The first kappa shape index (κ1) is 27.0. The second-order valence-electron chi connectivity index (χ2n) is 9.23. The van der Waals surface area contributed by atoms with Crippen molar-refractivity contribution in [3.63, 3.8) is 0 Å². The molecule has 1 unspecified atom stereocenters. The predicted molar refractivity (Wildman–Crippen MR) is 147 cm³/mol. The van der Waals surface area contributed by atoms with Gasteiger partial charge in [-0.2, -0.15) is 0 Å². The molecule has 204 valence electrons.